The molecule has 0 aliphatic heterocycles. The van der Waals surface area contributed by atoms with E-state index in [0.717, 1.165) is 23.8 Å². The van der Waals surface area contributed by atoms with Crippen LogP contribution < -0.4 is 11.1 Å². The largest absolute Gasteiger partial charge is 0.354 e. The quantitative estimate of drug-likeness (QED) is 0.782. The number of aromatic nitrogens is 2. The van der Waals surface area contributed by atoms with Crippen LogP contribution in [0.5, 0.6) is 0 Å². The molecular weight excluding hydrogens is 196 g/mol. The van der Waals surface area contributed by atoms with Gasteiger partial charge in [-0.1, -0.05) is 13.8 Å². The van der Waals surface area contributed by atoms with Gasteiger partial charge in [-0.25, -0.2) is 4.98 Å². The average molecular weight is 214 g/mol. The van der Waals surface area contributed by atoms with Crippen molar-refractivity contribution in [2.45, 2.75) is 39.2 Å². The second kappa shape index (κ2) is 4.70. The summed E-state index contributed by atoms with van der Waals surface area (Å²) in [6.07, 6.45) is 1.86. The van der Waals surface area contributed by atoms with Crippen molar-refractivity contribution in [3.63, 3.8) is 0 Å². The first-order valence-electron chi connectivity index (χ1n) is 4.94. The van der Waals surface area contributed by atoms with E-state index in [4.69, 9.17) is 5.73 Å². The molecule has 3 N–H and O–H groups in total. The molecule has 0 aliphatic rings. The zero-order valence-corrected chi connectivity index (χ0v) is 9.82. The minimum Gasteiger partial charge on any atom is -0.354 e. The molecule has 0 spiro atoms. The predicted molar refractivity (Wildman–Crippen MR) is 60.7 cm³/mol. The highest BCUT2D eigenvalue weighted by atomic mass is 32.1. The third-order valence-electron chi connectivity index (χ3n) is 2.42. The highest BCUT2D eigenvalue weighted by Gasteiger charge is 2.20. The molecule has 4 nitrogen and oxygen atoms in total. The van der Waals surface area contributed by atoms with E-state index >= 15 is 0 Å². The Kier molecular flexibility index (Phi) is 3.83. The Morgan fingerprint density at radius 2 is 2.21 bits per heavy atom. The first-order valence-corrected chi connectivity index (χ1v) is 5.71. The normalized spacial score (nSPS) is 15.1. The molecule has 80 valence electrons. The van der Waals surface area contributed by atoms with Gasteiger partial charge in [0.15, 0.2) is 0 Å². The number of rotatable bonds is 5. The summed E-state index contributed by atoms with van der Waals surface area (Å²) in [5.41, 5.74) is 5.63. The van der Waals surface area contributed by atoms with Crippen LogP contribution in [-0.2, 0) is 6.42 Å². The van der Waals surface area contributed by atoms with Crippen LogP contribution in [0, 0.1) is 0 Å². The summed E-state index contributed by atoms with van der Waals surface area (Å²) in [5.74, 6) is 0.896. The van der Waals surface area contributed by atoms with E-state index < -0.39 is 0 Å². The first kappa shape index (κ1) is 11.4. The Balaban J connectivity index is 2.67. The Hall–Kier alpha value is -0.680. The third kappa shape index (κ3) is 2.65. The minimum atomic E-state index is -0.0649. The molecule has 14 heavy (non-hydrogen) atoms. The maximum Gasteiger partial charge on any atom is 0.203 e. The number of hydrogen-bond donors (Lipinski definition) is 2. The fourth-order valence-corrected chi connectivity index (χ4v) is 1.79. The van der Waals surface area contributed by atoms with Gasteiger partial charge in [0.2, 0.25) is 5.13 Å². The maximum atomic E-state index is 5.70. The lowest BCUT2D eigenvalue weighted by molar-refractivity contribution is 0.506. The maximum absolute atomic E-state index is 5.70. The minimum absolute atomic E-state index is 0.0649. The Bertz CT molecular complexity index is 280. The summed E-state index contributed by atoms with van der Waals surface area (Å²) < 4.78 is 4.21. The van der Waals surface area contributed by atoms with Gasteiger partial charge in [0.25, 0.3) is 0 Å². The van der Waals surface area contributed by atoms with Crippen molar-refractivity contribution >= 4 is 16.7 Å². The van der Waals surface area contributed by atoms with E-state index in [9.17, 15) is 0 Å². The molecule has 0 radical (unpaired) electrons. The van der Waals surface area contributed by atoms with Crippen LogP contribution in [0.1, 0.15) is 33.0 Å². The Labute approximate surface area is 89.1 Å². The van der Waals surface area contributed by atoms with Gasteiger partial charge in [0.05, 0.1) is 0 Å². The van der Waals surface area contributed by atoms with E-state index in [1.54, 1.807) is 0 Å². The van der Waals surface area contributed by atoms with Crippen molar-refractivity contribution in [1.29, 1.82) is 0 Å². The van der Waals surface area contributed by atoms with E-state index in [1.807, 2.05) is 6.92 Å². The molecule has 1 atom stereocenters. The van der Waals surface area contributed by atoms with Gasteiger partial charge in [-0.3, -0.25) is 0 Å². The number of nitrogens with zero attached hydrogens (tertiary/aromatic N) is 2. The molecule has 0 bridgehead atoms. The number of aryl methyl sites for hydroxylation is 1. The van der Waals surface area contributed by atoms with Gasteiger partial charge < -0.3 is 11.1 Å². The van der Waals surface area contributed by atoms with Crippen molar-refractivity contribution in [1.82, 2.24) is 9.36 Å². The first-order chi connectivity index (χ1) is 6.63. The summed E-state index contributed by atoms with van der Waals surface area (Å²) in [5, 5.41) is 4.20. The van der Waals surface area contributed by atoms with Gasteiger partial charge in [-0.2, -0.15) is 4.37 Å². The smallest absolute Gasteiger partial charge is 0.203 e. The van der Waals surface area contributed by atoms with Gasteiger partial charge in [0.1, 0.15) is 5.82 Å². The summed E-state index contributed by atoms with van der Waals surface area (Å²) in [6.45, 7) is 6.86. The van der Waals surface area contributed by atoms with Crippen molar-refractivity contribution in [2.24, 2.45) is 5.73 Å². The molecule has 1 unspecified atom stereocenters. The van der Waals surface area contributed by atoms with E-state index in [-0.39, 0.29) is 5.54 Å². The van der Waals surface area contributed by atoms with Crippen LogP contribution in [0.4, 0.5) is 5.13 Å². The molecular formula is C9H18N4S. The molecule has 0 aromatic carbocycles. The second-order valence-electron chi connectivity index (χ2n) is 3.61. The third-order valence-corrected chi connectivity index (χ3v) is 3.09. The molecule has 1 aromatic rings. The summed E-state index contributed by atoms with van der Waals surface area (Å²) >= 11 is 1.40. The predicted octanol–water partition coefficient (Wildman–Crippen LogP) is 1.64. The molecule has 1 rings (SSSR count). The van der Waals surface area contributed by atoms with Gasteiger partial charge in [-0.05, 0) is 13.3 Å². The summed E-state index contributed by atoms with van der Waals surface area (Å²) in [7, 11) is 0. The zero-order chi connectivity index (χ0) is 10.6. The SMILES string of the molecule is CCc1nsc(NC(C)(CC)CN)n1. The molecule has 0 aliphatic carbocycles. The Morgan fingerprint density at radius 1 is 1.50 bits per heavy atom. The Morgan fingerprint density at radius 3 is 2.64 bits per heavy atom. The van der Waals surface area contributed by atoms with Crippen LogP contribution in [0.15, 0.2) is 0 Å². The fraction of sp³-hybridized carbons (Fsp3) is 0.778. The number of hydrogen-bond acceptors (Lipinski definition) is 5. The molecule has 5 heteroatoms. The molecule has 1 heterocycles. The molecule has 0 amide bonds. The topological polar surface area (TPSA) is 63.8 Å². The molecule has 0 saturated heterocycles. The standard InChI is InChI=1S/C9H18N4S/c1-4-7-11-8(14-13-7)12-9(3,5-2)6-10/h4-6,10H2,1-3H3,(H,11,12,13). The monoisotopic (exact) mass is 214 g/mol. The molecule has 0 fully saturated rings. The lowest BCUT2D eigenvalue weighted by atomic mass is 10.00. The van der Waals surface area contributed by atoms with Crippen molar-refractivity contribution in [3.05, 3.63) is 5.82 Å². The second-order valence-corrected chi connectivity index (χ2v) is 4.36. The van der Waals surface area contributed by atoms with Crippen molar-refractivity contribution in [3.8, 4) is 0 Å². The van der Waals surface area contributed by atoms with Crippen LogP contribution in [0.2, 0.25) is 0 Å². The fourth-order valence-electron chi connectivity index (χ4n) is 0.990. The van der Waals surface area contributed by atoms with E-state index in [0.29, 0.717) is 6.54 Å². The lowest BCUT2D eigenvalue weighted by Crippen LogP contribution is -2.41. The van der Waals surface area contributed by atoms with Crippen LogP contribution in [0.25, 0.3) is 0 Å². The van der Waals surface area contributed by atoms with E-state index in [1.165, 1.54) is 11.5 Å². The number of nitrogens with one attached hydrogen (secondary N) is 1. The number of anilines is 1. The highest BCUT2D eigenvalue weighted by molar-refractivity contribution is 7.09. The lowest BCUT2D eigenvalue weighted by Gasteiger charge is -2.27. The van der Waals surface area contributed by atoms with Gasteiger partial charge in [0, 0.05) is 30.0 Å². The zero-order valence-electron chi connectivity index (χ0n) is 9.00. The van der Waals surface area contributed by atoms with Crippen LogP contribution in [0.3, 0.4) is 0 Å². The average Bonchev–Trinajstić information content (AvgIpc) is 2.65. The van der Waals surface area contributed by atoms with Gasteiger partial charge in [-0.15, -0.1) is 0 Å². The molecule has 0 saturated carbocycles. The van der Waals surface area contributed by atoms with Crippen molar-refractivity contribution < 1.29 is 0 Å². The summed E-state index contributed by atoms with van der Waals surface area (Å²) in [4.78, 5) is 4.35. The van der Waals surface area contributed by atoms with Gasteiger partial charge >= 0.3 is 0 Å². The highest BCUT2D eigenvalue weighted by Crippen LogP contribution is 2.19. The summed E-state index contributed by atoms with van der Waals surface area (Å²) in [6, 6.07) is 0. The molecule has 1 aromatic heterocycles. The van der Waals surface area contributed by atoms with Crippen LogP contribution >= 0.6 is 11.5 Å². The van der Waals surface area contributed by atoms with Crippen molar-refractivity contribution in [2.75, 3.05) is 11.9 Å². The van der Waals surface area contributed by atoms with E-state index in [2.05, 4.69) is 28.5 Å². The van der Waals surface area contributed by atoms with Crippen LogP contribution in [-0.4, -0.2) is 21.4 Å². The number of nitrogens with two attached hydrogens (primary N) is 1.